The molecule has 2 aliphatic rings. The van der Waals surface area contributed by atoms with Gasteiger partial charge in [0.05, 0.1) is 14.2 Å². The molecule has 160 valence electrons. The molecule has 1 heterocycles. The monoisotopic (exact) mass is 433 g/mol. The van der Waals surface area contributed by atoms with Crippen LogP contribution in [0.3, 0.4) is 0 Å². The molecule has 3 atom stereocenters. The third-order valence-electron chi connectivity index (χ3n) is 5.64. The van der Waals surface area contributed by atoms with Crippen molar-refractivity contribution in [3.63, 3.8) is 0 Å². The van der Waals surface area contributed by atoms with Crippen molar-refractivity contribution in [3.05, 3.63) is 18.2 Å². The lowest BCUT2D eigenvalue weighted by atomic mass is 9.85. The Hall–Kier alpha value is -1.37. The van der Waals surface area contributed by atoms with Crippen molar-refractivity contribution in [2.45, 2.75) is 38.1 Å². The van der Waals surface area contributed by atoms with Gasteiger partial charge in [-0.15, -0.1) is 24.8 Å². The van der Waals surface area contributed by atoms with E-state index in [1.54, 1.807) is 14.2 Å². The molecular formula is C20H33Cl2N3O3. The van der Waals surface area contributed by atoms with E-state index in [2.05, 4.69) is 10.2 Å². The summed E-state index contributed by atoms with van der Waals surface area (Å²) in [5.74, 6) is 2.34. The molecule has 1 aliphatic carbocycles. The van der Waals surface area contributed by atoms with Gasteiger partial charge in [-0.3, -0.25) is 4.79 Å². The van der Waals surface area contributed by atoms with E-state index in [1.807, 2.05) is 18.2 Å². The van der Waals surface area contributed by atoms with Crippen LogP contribution in [0.15, 0.2) is 18.2 Å². The number of nitrogens with zero attached hydrogens (tertiary/aromatic N) is 1. The normalized spacial score (nSPS) is 24.0. The van der Waals surface area contributed by atoms with E-state index >= 15 is 0 Å². The molecule has 1 aliphatic heterocycles. The van der Waals surface area contributed by atoms with Crippen LogP contribution in [0.4, 0.5) is 5.69 Å². The zero-order valence-corrected chi connectivity index (χ0v) is 18.3. The predicted octanol–water partition coefficient (Wildman–Crippen LogP) is 3.01. The van der Waals surface area contributed by atoms with Crippen molar-refractivity contribution in [1.82, 2.24) is 5.32 Å². The minimum absolute atomic E-state index is 0. The number of nitrogens with two attached hydrogens (primary N) is 1. The van der Waals surface area contributed by atoms with E-state index < -0.39 is 0 Å². The SMILES string of the molecule is COc1cc(OC)cc(N2CCC(CNC(=O)C3CCCC(N)C3)C2)c1.Cl.Cl. The number of methoxy groups -OCH3 is 2. The molecule has 2 fully saturated rings. The molecule has 1 aromatic carbocycles. The molecule has 3 unspecified atom stereocenters. The standard InChI is InChI=1S/C20H31N3O3.2ClH/c1-25-18-9-17(10-19(11-18)26-2)23-7-6-14(13-23)12-22-20(24)15-4-3-5-16(21)8-15;;/h9-11,14-16H,3-8,12-13,21H2,1-2H3,(H,22,24);2*1H. The summed E-state index contributed by atoms with van der Waals surface area (Å²) >= 11 is 0. The highest BCUT2D eigenvalue weighted by Crippen LogP contribution is 2.31. The van der Waals surface area contributed by atoms with Gasteiger partial charge < -0.3 is 25.4 Å². The first kappa shape index (κ1) is 24.7. The number of carbonyl (C=O) groups excluding carboxylic acids is 1. The fraction of sp³-hybridized carbons (Fsp3) is 0.650. The second-order valence-electron chi connectivity index (χ2n) is 7.54. The van der Waals surface area contributed by atoms with Gasteiger partial charge in [-0.25, -0.2) is 0 Å². The summed E-state index contributed by atoms with van der Waals surface area (Å²) in [5, 5.41) is 3.16. The van der Waals surface area contributed by atoms with Crippen LogP contribution in [-0.4, -0.2) is 45.8 Å². The summed E-state index contributed by atoms with van der Waals surface area (Å²) in [6.45, 7) is 2.65. The molecule has 1 saturated carbocycles. The van der Waals surface area contributed by atoms with Crippen molar-refractivity contribution in [2.24, 2.45) is 17.6 Å². The predicted molar refractivity (Wildman–Crippen MR) is 117 cm³/mol. The Bertz CT molecular complexity index is 610. The molecule has 3 N–H and O–H groups in total. The average Bonchev–Trinajstić information content (AvgIpc) is 3.14. The maximum atomic E-state index is 12.4. The van der Waals surface area contributed by atoms with Crippen molar-refractivity contribution >= 4 is 36.4 Å². The fourth-order valence-electron chi connectivity index (χ4n) is 4.06. The summed E-state index contributed by atoms with van der Waals surface area (Å²) < 4.78 is 10.7. The molecule has 28 heavy (non-hydrogen) atoms. The molecule has 0 bridgehead atoms. The van der Waals surface area contributed by atoms with Gasteiger partial charge >= 0.3 is 0 Å². The molecule has 1 saturated heterocycles. The highest BCUT2D eigenvalue weighted by atomic mass is 35.5. The number of halogens is 2. The van der Waals surface area contributed by atoms with Gasteiger partial charge in [0.1, 0.15) is 11.5 Å². The molecule has 1 amide bonds. The van der Waals surface area contributed by atoms with Crippen molar-refractivity contribution in [3.8, 4) is 11.5 Å². The summed E-state index contributed by atoms with van der Waals surface area (Å²) in [6, 6.07) is 6.14. The first-order valence-corrected chi connectivity index (χ1v) is 9.60. The van der Waals surface area contributed by atoms with E-state index in [0.717, 1.165) is 68.9 Å². The summed E-state index contributed by atoms with van der Waals surface area (Å²) in [7, 11) is 3.33. The van der Waals surface area contributed by atoms with E-state index in [-0.39, 0.29) is 42.7 Å². The van der Waals surface area contributed by atoms with E-state index in [0.29, 0.717) is 5.92 Å². The molecule has 6 nitrogen and oxygen atoms in total. The Labute approximate surface area is 180 Å². The number of hydrogen-bond acceptors (Lipinski definition) is 5. The van der Waals surface area contributed by atoms with E-state index in [4.69, 9.17) is 15.2 Å². The molecule has 3 rings (SSSR count). The quantitative estimate of drug-likeness (QED) is 0.720. The number of rotatable bonds is 6. The summed E-state index contributed by atoms with van der Waals surface area (Å²) in [6.07, 6.45) is 4.98. The van der Waals surface area contributed by atoms with Gasteiger partial charge in [-0.2, -0.15) is 0 Å². The second-order valence-corrected chi connectivity index (χ2v) is 7.54. The minimum atomic E-state index is 0. The first-order valence-electron chi connectivity index (χ1n) is 9.60. The Balaban J connectivity index is 0.00000196. The van der Waals surface area contributed by atoms with Gasteiger partial charge in [0, 0.05) is 55.5 Å². The first-order chi connectivity index (χ1) is 12.6. The van der Waals surface area contributed by atoms with E-state index in [1.165, 1.54) is 0 Å². The Morgan fingerprint density at radius 2 is 1.82 bits per heavy atom. The molecular weight excluding hydrogens is 401 g/mol. The lowest BCUT2D eigenvalue weighted by Crippen LogP contribution is -2.39. The number of amides is 1. The molecule has 0 aromatic heterocycles. The lowest BCUT2D eigenvalue weighted by molar-refractivity contribution is -0.126. The maximum absolute atomic E-state index is 12.4. The van der Waals surface area contributed by atoms with Crippen LogP contribution >= 0.6 is 24.8 Å². The Morgan fingerprint density at radius 3 is 2.43 bits per heavy atom. The molecule has 0 radical (unpaired) electrons. The van der Waals surface area contributed by atoms with Crippen LogP contribution in [0.25, 0.3) is 0 Å². The summed E-state index contributed by atoms with van der Waals surface area (Å²) in [5.41, 5.74) is 7.11. The van der Waals surface area contributed by atoms with E-state index in [9.17, 15) is 4.79 Å². The number of hydrogen-bond donors (Lipinski definition) is 2. The largest absolute Gasteiger partial charge is 0.497 e. The van der Waals surface area contributed by atoms with Gasteiger partial charge in [-0.1, -0.05) is 6.42 Å². The molecule has 8 heteroatoms. The highest BCUT2D eigenvalue weighted by molar-refractivity contribution is 5.85. The van der Waals surface area contributed by atoms with Crippen molar-refractivity contribution < 1.29 is 14.3 Å². The third kappa shape index (κ3) is 6.33. The number of anilines is 1. The topological polar surface area (TPSA) is 76.8 Å². The lowest BCUT2D eigenvalue weighted by Gasteiger charge is -2.26. The molecule has 0 spiro atoms. The number of nitrogens with one attached hydrogen (secondary N) is 1. The minimum Gasteiger partial charge on any atom is -0.497 e. The Morgan fingerprint density at radius 1 is 1.14 bits per heavy atom. The van der Waals surface area contributed by atoms with Crippen molar-refractivity contribution in [2.75, 3.05) is 38.8 Å². The van der Waals surface area contributed by atoms with Crippen LogP contribution in [-0.2, 0) is 4.79 Å². The van der Waals surface area contributed by atoms with Gasteiger partial charge in [-0.05, 0) is 31.6 Å². The van der Waals surface area contributed by atoms with Crippen molar-refractivity contribution in [1.29, 1.82) is 0 Å². The highest BCUT2D eigenvalue weighted by Gasteiger charge is 2.28. The average molecular weight is 434 g/mol. The number of benzene rings is 1. The van der Waals surface area contributed by atoms with Gasteiger partial charge in [0.2, 0.25) is 5.91 Å². The number of carbonyl (C=O) groups is 1. The summed E-state index contributed by atoms with van der Waals surface area (Å²) in [4.78, 5) is 14.7. The smallest absolute Gasteiger partial charge is 0.223 e. The van der Waals surface area contributed by atoms with Crippen LogP contribution in [0.2, 0.25) is 0 Å². The zero-order valence-electron chi connectivity index (χ0n) is 16.7. The van der Waals surface area contributed by atoms with Crippen LogP contribution in [0, 0.1) is 11.8 Å². The van der Waals surface area contributed by atoms with Gasteiger partial charge in [0.25, 0.3) is 0 Å². The van der Waals surface area contributed by atoms with Crippen LogP contribution in [0.1, 0.15) is 32.1 Å². The molecule has 1 aromatic rings. The van der Waals surface area contributed by atoms with Crippen LogP contribution < -0.4 is 25.4 Å². The van der Waals surface area contributed by atoms with Gasteiger partial charge in [0.15, 0.2) is 0 Å². The second kappa shape index (κ2) is 11.6. The third-order valence-corrected chi connectivity index (χ3v) is 5.64. The van der Waals surface area contributed by atoms with Crippen LogP contribution in [0.5, 0.6) is 11.5 Å². The fourth-order valence-corrected chi connectivity index (χ4v) is 4.06. The zero-order chi connectivity index (χ0) is 18.5. The number of ether oxygens (including phenoxy) is 2. The maximum Gasteiger partial charge on any atom is 0.223 e. The Kier molecular flexibility index (Phi) is 10.2.